The Kier molecular flexibility index (Phi) is 4.14. The highest BCUT2D eigenvalue weighted by Gasteiger charge is 2.28. The first kappa shape index (κ1) is 15.6. The number of thiazole rings is 1. The van der Waals surface area contributed by atoms with Crippen LogP contribution in [0.2, 0.25) is 5.02 Å². The van der Waals surface area contributed by atoms with Gasteiger partial charge in [0.2, 0.25) is 0 Å². The highest BCUT2D eigenvalue weighted by Crippen LogP contribution is 2.35. The summed E-state index contributed by atoms with van der Waals surface area (Å²) in [5.74, 6) is 0.0390. The van der Waals surface area contributed by atoms with Crippen molar-refractivity contribution in [2.45, 2.75) is 13.0 Å². The second kappa shape index (κ2) is 6.10. The Morgan fingerprint density at radius 1 is 1.48 bits per heavy atom. The molecule has 1 atom stereocenters. The van der Waals surface area contributed by atoms with Crippen molar-refractivity contribution in [1.29, 1.82) is 5.41 Å². The van der Waals surface area contributed by atoms with Gasteiger partial charge >= 0.3 is 0 Å². The van der Waals surface area contributed by atoms with Crippen molar-refractivity contribution in [2.75, 3.05) is 0 Å². The molecule has 1 aromatic heterocycles. The summed E-state index contributed by atoms with van der Waals surface area (Å²) in [7, 11) is 0. The molecular weight excluding hydrogens is 337 g/mol. The van der Waals surface area contributed by atoms with E-state index in [-0.39, 0.29) is 10.9 Å². The number of rotatable bonds is 3. The van der Waals surface area contributed by atoms with Crippen molar-refractivity contribution in [3.8, 4) is 0 Å². The minimum absolute atomic E-state index is 0.109. The van der Waals surface area contributed by atoms with E-state index in [0.29, 0.717) is 22.7 Å². The number of hydrogen-bond acceptors (Lipinski definition) is 5. The van der Waals surface area contributed by atoms with Crippen LogP contribution in [0.1, 0.15) is 23.5 Å². The first-order valence-corrected chi connectivity index (χ1v) is 7.98. The third-order valence-corrected chi connectivity index (χ3v) is 4.53. The van der Waals surface area contributed by atoms with E-state index < -0.39 is 11.9 Å². The molecule has 0 saturated heterocycles. The summed E-state index contributed by atoms with van der Waals surface area (Å²) in [4.78, 5) is 8.84. The molecule has 0 aliphatic carbocycles. The molecule has 5 nitrogen and oxygen atoms in total. The molecule has 0 amide bonds. The average molecular weight is 350 g/mol. The van der Waals surface area contributed by atoms with Gasteiger partial charge in [0, 0.05) is 33.4 Å². The largest absolute Gasteiger partial charge is 0.384 e. The van der Waals surface area contributed by atoms with Crippen LogP contribution in [-0.2, 0) is 0 Å². The zero-order valence-corrected chi connectivity index (χ0v) is 13.7. The van der Waals surface area contributed by atoms with Gasteiger partial charge in [0.1, 0.15) is 17.7 Å². The molecule has 1 aromatic carbocycles. The summed E-state index contributed by atoms with van der Waals surface area (Å²) in [6.45, 7) is 1.81. The van der Waals surface area contributed by atoms with Gasteiger partial charge in [0.25, 0.3) is 0 Å². The lowest BCUT2D eigenvalue weighted by Crippen LogP contribution is -2.34. The van der Waals surface area contributed by atoms with Crippen LogP contribution in [0.3, 0.4) is 0 Å². The molecule has 0 radical (unpaired) electrons. The smallest absolute Gasteiger partial charge is 0.163 e. The van der Waals surface area contributed by atoms with Crippen LogP contribution in [-0.4, -0.2) is 16.7 Å². The Hall–Kier alpha value is -2.25. The van der Waals surface area contributed by atoms with Crippen molar-refractivity contribution >= 4 is 34.6 Å². The van der Waals surface area contributed by atoms with E-state index in [9.17, 15) is 4.39 Å². The van der Waals surface area contributed by atoms with Gasteiger partial charge in [-0.25, -0.2) is 9.37 Å². The molecule has 2 heterocycles. The molecule has 1 unspecified atom stereocenters. The number of hydrogen-bond donors (Lipinski definition) is 3. The van der Waals surface area contributed by atoms with Gasteiger partial charge in [0.05, 0.1) is 0 Å². The Balaban J connectivity index is 2.14. The van der Waals surface area contributed by atoms with Crippen LogP contribution in [0, 0.1) is 11.2 Å². The molecule has 4 N–H and O–H groups in total. The second-order valence-corrected chi connectivity index (χ2v) is 6.26. The zero-order valence-electron chi connectivity index (χ0n) is 12.1. The maximum atomic E-state index is 13.3. The molecule has 0 spiro atoms. The SMILES string of the molecule is CC1=C(C(=N)N)C(c2ccc(F)cc2Cl)N=C(c2nccs2)N1. The van der Waals surface area contributed by atoms with Crippen LogP contribution in [0.5, 0.6) is 0 Å². The van der Waals surface area contributed by atoms with Gasteiger partial charge in [-0.15, -0.1) is 11.3 Å². The lowest BCUT2D eigenvalue weighted by molar-refractivity contribution is 0.626. The van der Waals surface area contributed by atoms with Crippen LogP contribution in [0.25, 0.3) is 0 Å². The van der Waals surface area contributed by atoms with Crippen molar-refractivity contribution in [1.82, 2.24) is 10.3 Å². The summed E-state index contributed by atoms with van der Waals surface area (Å²) in [5.41, 5.74) is 7.52. The van der Waals surface area contributed by atoms with Crippen LogP contribution < -0.4 is 11.1 Å². The van der Waals surface area contributed by atoms with Gasteiger partial charge in [-0.3, -0.25) is 10.4 Å². The van der Waals surface area contributed by atoms with Crippen LogP contribution in [0.4, 0.5) is 4.39 Å². The van der Waals surface area contributed by atoms with Gasteiger partial charge < -0.3 is 11.1 Å². The highest BCUT2D eigenvalue weighted by atomic mass is 35.5. The van der Waals surface area contributed by atoms with Crippen molar-refractivity contribution in [2.24, 2.45) is 10.7 Å². The van der Waals surface area contributed by atoms with E-state index in [1.54, 1.807) is 12.3 Å². The molecular formula is C15H13ClFN5S. The molecule has 118 valence electrons. The number of allylic oxidation sites excluding steroid dienone is 1. The van der Waals surface area contributed by atoms with E-state index in [4.69, 9.17) is 22.7 Å². The number of nitrogens with zero attached hydrogens (tertiary/aromatic N) is 2. The fourth-order valence-electron chi connectivity index (χ4n) is 2.42. The minimum Gasteiger partial charge on any atom is -0.384 e. The van der Waals surface area contributed by atoms with Gasteiger partial charge in [-0.2, -0.15) is 0 Å². The molecule has 8 heteroatoms. The predicted molar refractivity (Wildman–Crippen MR) is 90.6 cm³/mol. The Labute approximate surface area is 141 Å². The standard InChI is InChI=1S/C15H13ClFN5S/c1-7-11(13(18)19)12(9-3-2-8(17)6-10(9)16)22-14(21-7)15-20-4-5-23-15/h2-6,12H,1H3,(H3,18,19)(H,21,22). The van der Waals surface area contributed by atoms with E-state index >= 15 is 0 Å². The normalized spacial score (nSPS) is 17.7. The molecule has 0 fully saturated rings. The molecule has 0 saturated carbocycles. The summed E-state index contributed by atoms with van der Waals surface area (Å²) in [6, 6.07) is 3.52. The van der Waals surface area contributed by atoms with Crippen LogP contribution in [0.15, 0.2) is 46.0 Å². The molecule has 1 aliphatic heterocycles. The maximum absolute atomic E-state index is 13.3. The Morgan fingerprint density at radius 2 is 2.26 bits per heavy atom. The lowest BCUT2D eigenvalue weighted by atomic mass is 9.95. The summed E-state index contributed by atoms with van der Waals surface area (Å²) in [6.07, 6.45) is 1.68. The zero-order chi connectivity index (χ0) is 16.6. The van der Waals surface area contributed by atoms with Crippen molar-refractivity contribution in [3.05, 3.63) is 62.5 Å². The molecule has 23 heavy (non-hydrogen) atoms. The van der Waals surface area contributed by atoms with Crippen LogP contribution >= 0.6 is 22.9 Å². The quantitative estimate of drug-likeness (QED) is 0.587. The van der Waals surface area contributed by atoms with Gasteiger partial charge in [-0.05, 0) is 19.1 Å². The number of nitrogens with two attached hydrogens (primary N) is 1. The first-order chi connectivity index (χ1) is 11.0. The monoisotopic (exact) mass is 349 g/mol. The number of halogens is 2. The molecule has 1 aliphatic rings. The number of aliphatic imine (C=N–C) groups is 1. The predicted octanol–water partition coefficient (Wildman–Crippen LogP) is 3.24. The van der Waals surface area contributed by atoms with E-state index in [1.165, 1.54) is 23.5 Å². The fraction of sp³-hybridized carbons (Fsp3) is 0.133. The highest BCUT2D eigenvalue weighted by molar-refractivity contribution is 7.11. The second-order valence-electron chi connectivity index (χ2n) is 4.96. The Morgan fingerprint density at radius 3 is 2.87 bits per heavy atom. The number of nitrogens with one attached hydrogen (secondary N) is 2. The van der Waals surface area contributed by atoms with E-state index in [0.717, 1.165) is 5.01 Å². The topological polar surface area (TPSA) is 87.2 Å². The van der Waals surface area contributed by atoms with Crippen molar-refractivity contribution < 1.29 is 4.39 Å². The number of aromatic nitrogens is 1. The summed E-state index contributed by atoms with van der Waals surface area (Å²) in [5, 5.41) is 13.8. The fourth-order valence-corrected chi connectivity index (χ4v) is 3.28. The molecule has 2 aromatic rings. The van der Waals surface area contributed by atoms with Gasteiger partial charge in [0.15, 0.2) is 10.8 Å². The summed E-state index contributed by atoms with van der Waals surface area (Å²) >= 11 is 7.62. The summed E-state index contributed by atoms with van der Waals surface area (Å²) < 4.78 is 13.3. The third-order valence-electron chi connectivity index (χ3n) is 3.42. The average Bonchev–Trinajstić information content (AvgIpc) is 3.00. The molecule has 3 rings (SSSR count). The van der Waals surface area contributed by atoms with Crippen molar-refractivity contribution in [3.63, 3.8) is 0 Å². The van der Waals surface area contributed by atoms with E-state index in [2.05, 4.69) is 15.3 Å². The van der Waals surface area contributed by atoms with E-state index in [1.807, 2.05) is 12.3 Å². The Bertz CT molecular complexity index is 828. The minimum atomic E-state index is -0.583. The number of amidine groups is 2. The van der Waals surface area contributed by atoms with Gasteiger partial charge in [-0.1, -0.05) is 17.7 Å². The first-order valence-electron chi connectivity index (χ1n) is 6.72. The number of benzene rings is 1. The maximum Gasteiger partial charge on any atom is 0.163 e. The molecule has 0 bridgehead atoms. The third kappa shape index (κ3) is 2.97. The lowest BCUT2D eigenvalue weighted by Gasteiger charge is -2.26.